The van der Waals surface area contributed by atoms with E-state index in [4.69, 9.17) is 4.98 Å². The highest BCUT2D eigenvalue weighted by molar-refractivity contribution is 7.21. The third-order valence-corrected chi connectivity index (χ3v) is 6.15. The van der Waals surface area contributed by atoms with Crippen molar-refractivity contribution in [3.63, 3.8) is 0 Å². The Labute approximate surface area is 202 Å². The predicted octanol–water partition coefficient (Wildman–Crippen LogP) is 4.06. The second kappa shape index (κ2) is 10.6. The van der Waals surface area contributed by atoms with Crippen molar-refractivity contribution in [2.75, 3.05) is 24.4 Å². The molecular formula is C24H27N7O2S. The molecule has 0 spiro atoms. The van der Waals surface area contributed by atoms with Crippen LogP contribution in [0.2, 0.25) is 0 Å². The number of amides is 1. The van der Waals surface area contributed by atoms with Gasteiger partial charge in [-0.25, -0.2) is 20.4 Å². The molecule has 1 aromatic carbocycles. The first-order valence-corrected chi connectivity index (χ1v) is 11.6. The predicted molar refractivity (Wildman–Crippen MR) is 136 cm³/mol. The number of carbonyl (C=O) groups excluding carboxylic acids is 1. The zero-order valence-electron chi connectivity index (χ0n) is 19.5. The third kappa shape index (κ3) is 5.66. The van der Waals surface area contributed by atoms with Gasteiger partial charge in [0.2, 0.25) is 0 Å². The number of rotatable bonds is 9. The van der Waals surface area contributed by atoms with Crippen LogP contribution in [0.5, 0.6) is 0 Å². The molecule has 0 saturated carbocycles. The van der Waals surface area contributed by atoms with E-state index in [2.05, 4.69) is 67.0 Å². The lowest BCUT2D eigenvalue weighted by molar-refractivity contribution is -0.133. The minimum atomic E-state index is -0.396. The number of aromatic nitrogens is 3. The Balaban J connectivity index is 1.45. The summed E-state index contributed by atoms with van der Waals surface area (Å²) in [5, 5.41) is 7.13. The Morgan fingerprint density at radius 3 is 2.71 bits per heavy atom. The average Bonchev–Trinajstić information content (AvgIpc) is 3.24. The van der Waals surface area contributed by atoms with Gasteiger partial charge in [0.15, 0.2) is 5.13 Å². The summed E-state index contributed by atoms with van der Waals surface area (Å²) in [5.74, 6) is 1.29. The summed E-state index contributed by atoms with van der Waals surface area (Å²) in [5.41, 5.74) is 6.42. The normalized spacial score (nSPS) is 11.9. The lowest BCUT2D eigenvalue weighted by atomic mass is 10.2. The first-order valence-electron chi connectivity index (χ1n) is 10.8. The Morgan fingerprint density at radius 2 is 1.94 bits per heavy atom. The van der Waals surface area contributed by atoms with Crippen molar-refractivity contribution >= 4 is 50.0 Å². The highest BCUT2D eigenvalue weighted by Crippen LogP contribution is 2.30. The summed E-state index contributed by atoms with van der Waals surface area (Å²) < 4.78 is 0. The first kappa shape index (κ1) is 23.6. The molecule has 0 bridgehead atoms. The molecule has 1 atom stereocenters. The van der Waals surface area contributed by atoms with Crippen LogP contribution in [-0.2, 0) is 16.2 Å². The average molecular weight is 478 g/mol. The smallest absolute Gasteiger partial charge is 0.260 e. The van der Waals surface area contributed by atoms with Crippen LogP contribution in [0.15, 0.2) is 54.7 Å². The molecule has 3 aromatic heterocycles. The van der Waals surface area contributed by atoms with Gasteiger partial charge in [-0.2, -0.15) is 0 Å². The second-order valence-electron chi connectivity index (χ2n) is 7.85. The number of fused-ring (bicyclic) bond motifs is 1. The molecule has 0 aliphatic rings. The van der Waals surface area contributed by atoms with Crippen molar-refractivity contribution in [2.45, 2.75) is 26.4 Å². The summed E-state index contributed by atoms with van der Waals surface area (Å²) in [6, 6.07) is 15.7. The number of carbonyl (C=O) groups is 1. The molecule has 4 aromatic rings. The van der Waals surface area contributed by atoms with Crippen LogP contribution < -0.4 is 21.0 Å². The van der Waals surface area contributed by atoms with E-state index < -0.39 is 6.04 Å². The fraction of sp³-hybridized carbons (Fsp3) is 0.250. The highest BCUT2D eigenvalue weighted by Gasteiger charge is 2.13. The summed E-state index contributed by atoms with van der Waals surface area (Å²) in [6.07, 6.45) is 1.72. The summed E-state index contributed by atoms with van der Waals surface area (Å²) >= 11 is 1.47. The Morgan fingerprint density at radius 1 is 1.15 bits per heavy atom. The fourth-order valence-corrected chi connectivity index (χ4v) is 4.10. The molecule has 176 valence electrons. The number of aryl methyl sites for hydroxylation is 1. The fourth-order valence-electron chi connectivity index (χ4n) is 3.26. The molecule has 3 heterocycles. The molecule has 0 radical (unpaired) electrons. The van der Waals surface area contributed by atoms with E-state index in [1.807, 2.05) is 31.3 Å². The molecule has 0 aliphatic heterocycles. The monoisotopic (exact) mass is 477 g/mol. The summed E-state index contributed by atoms with van der Waals surface area (Å²) in [6.45, 7) is 4.35. The van der Waals surface area contributed by atoms with Crippen LogP contribution >= 0.6 is 11.3 Å². The molecule has 1 amide bonds. The van der Waals surface area contributed by atoms with E-state index in [0.717, 1.165) is 27.4 Å². The standard InChI is InChI=1S/C24H27N7O2S/c1-15-5-7-18(8-6-15)31(3)21-10-9-19-23(29-21)34-24(27-19)28-20-13-17(11-12-25-20)14-26-16(2)22(32)30-33-4/h5-13,16,26H,14H2,1-4H3,(H,30,32)(H,25,27,28). The SMILES string of the molecule is CONC(=O)C(C)NCc1ccnc(Nc2nc3ccc(N(C)c4ccc(C)cc4)nc3s2)c1. The third-order valence-electron chi connectivity index (χ3n) is 5.27. The molecule has 10 heteroatoms. The number of hydroxylamine groups is 1. The molecule has 34 heavy (non-hydrogen) atoms. The Hall–Kier alpha value is -3.60. The van der Waals surface area contributed by atoms with Gasteiger partial charge in [0, 0.05) is 25.5 Å². The lowest BCUT2D eigenvalue weighted by Crippen LogP contribution is -2.41. The molecule has 0 fully saturated rings. The van der Waals surface area contributed by atoms with Crippen LogP contribution in [0.1, 0.15) is 18.1 Å². The summed E-state index contributed by atoms with van der Waals surface area (Å²) in [4.78, 5) is 33.2. The Bertz CT molecular complexity index is 1280. The second-order valence-corrected chi connectivity index (χ2v) is 8.83. The van der Waals surface area contributed by atoms with E-state index in [1.54, 1.807) is 13.1 Å². The van der Waals surface area contributed by atoms with Gasteiger partial charge in [-0.15, -0.1) is 0 Å². The van der Waals surface area contributed by atoms with Gasteiger partial charge in [-0.3, -0.25) is 9.63 Å². The van der Waals surface area contributed by atoms with E-state index in [1.165, 1.54) is 24.0 Å². The van der Waals surface area contributed by atoms with Gasteiger partial charge in [0.05, 0.1) is 13.2 Å². The lowest BCUT2D eigenvalue weighted by Gasteiger charge is -2.18. The van der Waals surface area contributed by atoms with Crippen LogP contribution in [0.3, 0.4) is 0 Å². The maximum absolute atomic E-state index is 11.8. The van der Waals surface area contributed by atoms with Crippen LogP contribution in [0, 0.1) is 6.92 Å². The zero-order valence-corrected chi connectivity index (χ0v) is 20.3. The molecule has 0 aliphatic carbocycles. The number of nitrogens with one attached hydrogen (secondary N) is 3. The van der Waals surface area contributed by atoms with Crippen molar-refractivity contribution < 1.29 is 9.63 Å². The van der Waals surface area contributed by atoms with Gasteiger partial charge in [0.1, 0.15) is 22.0 Å². The van der Waals surface area contributed by atoms with Crippen molar-refractivity contribution in [3.8, 4) is 0 Å². The molecule has 3 N–H and O–H groups in total. The molecule has 4 rings (SSSR count). The maximum Gasteiger partial charge on any atom is 0.260 e. The summed E-state index contributed by atoms with van der Waals surface area (Å²) in [7, 11) is 3.41. The van der Waals surface area contributed by atoms with Crippen molar-refractivity contribution in [1.29, 1.82) is 0 Å². The highest BCUT2D eigenvalue weighted by atomic mass is 32.1. The van der Waals surface area contributed by atoms with Gasteiger partial charge in [-0.05, 0) is 55.8 Å². The number of nitrogens with zero attached hydrogens (tertiary/aromatic N) is 4. The molecule has 9 nitrogen and oxygen atoms in total. The van der Waals surface area contributed by atoms with E-state index in [-0.39, 0.29) is 5.91 Å². The largest absolute Gasteiger partial charge is 0.329 e. The topological polar surface area (TPSA) is 104 Å². The number of anilines is 4. The van der Waals surface area contributed by atoms with E-state index in [9.17, 15) is 4.79 Å². The van der Waals surface area contributed by atoms with Gasteiger partial charge in [0.25, 0.3) is 5.91 Å². The van der Waals surface area contributed by atoms with Gasteiger partial charge < -0.3 is 15.5 Å². The maximum atomic E-state index is 11.8. The van der Waals surface area contributed by atoms with Gasteiger partial charge in [-0.1, -0.05) is 29.0 Å². The van der Waals surface area contributed by atoms with Crippen LogP contribution in [0.25, 0.3) is 10.3 Å². The number of hydrogen-bond donors (Lipinski definition) is 3. The van der Waals surface area contributed by atoms with E-state index >= 15 is 0 Å². The van der Waals surface area contributed by atoms with E-state index in [0.29, 0.717) is 17.5 Å². The Kier molecular flexibility index (Phi) is 7.31. The van der Waals surface area contributed by atoms with Crippen molar-refractivity contribution in [3.05, 3.63) is 65.9 Å². The molecule has 0 saturated heterocycles. The van der Waals surface area contributed by atoms with Crippen LogP contribution in [0.4, 0.5) is 22.5 Å². The number of benzene rings is 1. The minimum Gasteiger partial charge on any atom is -0.329 e. The van der Waals surface area contributed by atoms with Crippen molar-refractivity contribution in [2.24, 2.45) is 0 Å². The zero-order chi connectivity index (χ0) is 24.1. The number of hydrogen-bond acceptors (Lipinski definition) is 9. The number of thiazole rings is 1. The molecular weight excluding hydrogens is 450 g/mol. The van der Waals surface area contributed by atoms with Crippen molar-refractivity contribution in [1.82, 2.24) is 25.7 Å². The van der Waals surface area contributed by atoms with Crippen LogP contribution in [-0.4, -0.2) is 41.1 Å². The van der Waals surface area contributed by atoms with Gasteiger partial charge >= 0.3 is 0 Å². The minimum absolute atomic E-state index is 0.232. The quantitative estimate of drug-likeness (QED) is 0.310. The number of pyridine rings is 2. The first-order chi connectivity index (χ1) is 16.4. The molecule has 1 unspecified atom stereocenters.